The van der Waals surface area contributed by atoms with E-state index in [0.29, 0.717) is 0 Å². The SMILES string of the molecule is Cc1cn(C)c(NC(C)c2ccccc2)n1. The number of hydrogen-bond donors (Lipinski definition) is 1. The van der Waals surface area contributed by atoms with E-state index in [1.807, 2.05) is 30.8 Å². The molecule has 0 bridgehead atoms. The number of anilines is 1. The zero-order chi connectivity index (χ0) is 11.5. The Morgan fingerprint density at radius 2 is 1.94 bits per heavy atom. The molecule has 1 atom stereocenters. The number of benzene rings is 1. The lowest BCUT2D eigenvalue weighted by atomic mass is 10.1. The van der Waals surface area contributed by atoms with Crippen molar-refractivity contribution in [2.45, 2.75) is 19.9 Å². The number of hydrogen-bond acceptors (Lipinski definition) is 2. The van der Waals surface area contributed by atoms with Gasteiger partial charge in [0.1, 0.15) is 0 Å². The highest BCUT2D eigenvalue weighted by Crippen LogP contribution is 2.17. The summed E-state index contributed by atoms with van der Waals surface area (Å²) in [6.45, 7) is 4.14. The Morgan fingerprint density at radius 3 is 2.50 bits per heavy atom. The first-order valence-electron chi connectivity index (χ1n) is 5.48. The van der Waals surface area contributed by atoms with Gasteiger partial charge >= 0.3 is 0 Å². The van der Waals surface area contributed by atoms with Gasteiger partial charge in [-0.05, 0) is 19.4 Å². The van der Waals surface area contributed by atoms with Crippen molar-refractivity contribution in [3.05, 3.63) is 47.8 Å². The summed E-state index contributed by atoms with van der Waals surface area (Å²) in [6.07, 6.45) is 2.01. The van der Waals surface area contributed by atoms with Gasteiger partial charge in [0, 0.05) is 13.2 Å². The maximum absolute atomic E-state index is 4.43. The number of imidazole rings is 1. The first kappa shape index (κ1) is 10.7. The number of aromatic nitrogens is 2. The highest BCUT2D eigenvalue weighted by atomic mass is 15.2. The summed E-state index contributed by atoms with van der Waals surface area (Å²) in [5.41, 5.74) is 2.30. The molecule has 0 spiro atoms. The Hall–Kier alpha value is -1.77. The fraction of sp³-hybridized carbons (Fsp3) is 0.308. The quantitative estimate of drug-likeness (QED) is 0.853. The lowest BCUT2D eigenvalue weighted by Gasteiger charge is -2.14. The molecule has 0 aliphatic carbocycles. The van der Waals surface area contributed by atoms with Crippen molar-refractivity contribution >= 4 is 5.95 Å². The van der Waals surface area contributed by atoms with Crippen LogP contribution < -0.4 is 5.32 Å². The third kappa shape index (κ3) is 2.24. The van der Waals surface area contributed by atoms with Gasteiger partial charge in [-0.2, -0.15) is 0 Å². The number of rotatable bonds is 3. The first-order valence-corrected chi connectivity index (χ1v) is 5.48. The Labute approximate surface area is 96.1 Å². The van der Waals surface area contributed by atoms with E-state index < -0.39 is 0 Å². The molecule has 1 heterocycles. The molecule has 84 valence electrons. The Kier molecular flexibility index (Phi) is 2.95. The van der Waals surface area contributed by atoms with Crippen LogP contribution in [0.1, 0.15) is 24.2 Å². The van der Waals surface area contributed by atoms with Crippen LogP contribution in [0, 0.1) is 6.92 Å². The largest absolute Gasteiger partial charge is 0.349 e. The van der Waals surface area contributed by atoms with Gasteiger partial charge in [-0.3, -0.25) is 0 Å². The van der Waals surface area contributed by atoms with Gasteiger partial charge < -0.3 is 9.88 Å². The number of aryl methyl sites for hydroxylation is 2. The summed E-state index contributed by atoms with van der Waals surface area (Å²) in [5, 5.41) is 3.40. The summed E-state index contributed by atoms with van der Waals surface area (Å²) in [5.74, 6) is 0.911. The summed E-state index contributed by atoms with van der Waals surface area (Å²) >= 11 is 0. The smallest absolute Gasteiger partial charge is 0.203 e. The van der Waals surface area contributed by atoms with Gasteiger partial charge in [0.2, 0.25) is 5.95 Å². The van der Waals surface area contributed by atoms with Crippen LogP contribution >= 0.6 is 0 Å². The van der Waals surface area contributed by atoms with Gasteiger partial charge in [-0.1, -0.05) is 30.3 Å². The molecule has 16 heavy (non-hydrogen) atoms. The molecule has 0 radical (unpaired) electrons. The van der Waals surface area contributed by atoms with E-state index in [9.17, 15) is 0 Å². The normalized spacial score (nSPS) is 12.4. The lowest BCUT2D eigenvalue weighted by Crippen LogP contribution is -2.10. The summed E-state index contributed by atoms with van der Waals surface area (Å²) in [7, 11) is 2.00. The number of nitrogens with zero attached hydrogens (tertiary/aromatic N) is 2. The third-order valence-electron chi connectivity index (χ3n) is 2.64. The van der Waals surface area contributed by atoms with Crippen LogP contribution in [0.5, 0.6) is 0 Å². The minimum absolute atomic E-state index is 0.265. The second-order valence-electron chi connectivity index (χ2n) is 4.09. The average Bonchev–Trinajstić information content (AvgIpc) is 2.59. The van der Waals surface area contributed by atoms with Crippen molar-refractivity contribution < 1.29 is 0 Å². The maximum Gasteiger partial charge on any atom is 0.203 e. The van der Waals surface area contributed by atoms with Gasteiger partial charge in [0.05, 0.1) is 11.7 Å². The van der Waals surface area contributed by atoms with Gasteiger partial charge in [0.15, 0.2) is 0 Å². The zero-order valence-electron chi connectivity index (χ0n) is 9.94. The topological polar surface area (TPSA) is 29.9 Å². The van der Waals surface area contributed by atoms with Crippen LogP contribution in [0.15, 0.2) is 36.5 Å². The molecule has 2 rings (SSSR count). The van der Waals surface area contributed by atoms with Crippen molar-refractivity contribution in [1.29, 1.82) is 0 Å². The molecular formula is C13H17N3. The Balaban J connectivity index is 2.14. The molecule has 1 aromatic carbocycles. The molecule has 0 aliphatic heterocycles. The second kappa shape index (κ2) is 4.39. The van der Waals surface area contributed by atoms with Crippen molar-refractivity contribution in [3.8, 4) is 0 Å². The molecule has 0 saturated heterocycles. The molecule has 3 nitrogen and oxygen atoms in total. The first-order chi connectivity index (χ1) is 7.66. The van der Waals surface area contributed by atoms with Crippen LogP contribution in [0.3, 0.4) is 0 Å². The van der Waals surface area contributed by atoms with E-state index in [2.05, 4.69) is 41.5 Å². The van der Waals surface area contributed by atoms with E-state index in [1.165, 1.54) is 5.56 Å². The van der Waals surface area contributed by atoms with E-state index in [1.54, 1.807) is 0 Å². The Morgan fingerprint density at radius 1 is 1.25 bits per heavy atom. The second-order valence-corrected chi connectivity index (χ2v) is 4.09. The van der Waals surface area contributed by atoms with Crippen molar-refractivity contribution in [1.82, 2.24) is 9.55 Å². The Bertz CT molecular complexity index is 459. The van der Waals surface area contributed by atoms with Gasteiger partial charge in [0.25, 0.3) is 0 Å². The van der Waals surface area contributed by atoms with Crippen LogP contribution in [0.2, 0.25) is 0 Å². The predicted octanol–water partition coefficient (Wildman–Crippen LogP) is 2.90. The van der Waals surface area contributed by atoms with Gasteiger partial charge in [-0.25, -0.2) is 4.98 Å². The van der Waals surface area contributed by atoms with E-state index in [4.69, 9.17) is 0 Å². The molecule has 3 heteroatoms. The molecule has 0 amide bonds. The minimum Gasteiger partial charge on any atom is -0.349 e. The molecule has 1 unspecified atom stereocenters. The molecule has 2 aromatic rings. The van der Waals surface area contributed by atoms with E-state index in [0.717, 1.165) is 11.6 Å². The van der Waals surface area contributed by atoms with Crippen LogP contribution in [0.4, 0.5) is 5.95 Å². The molecule has 1 aromatic heterocycles. The molecule has 0 fully saturated rings. The van der Waals surface area contributed by atoms with Gasteiger partial charge in [-0.15, -0.1) is 0 Å². The minimum atomic E-state index is 0.265. The summed E-state index contributed by atoms with van der Waals surface area (Å²) in [6, 6.07) is 10.6. The highest BCUT2D eigenvalue weighted by molar-refractivity contribution is 5.33. The van der Waals surface area contributed by atoms with E-state index >= 15 is 0 Å². The van der Waals surface area contributed by atoms with Crippen molar-refractivity contribution in [3.63, 3.8) is 0 Å². The molecule has 1 N–H and O–H groups in total. The van der Waals surface area contributed by atoms with E-state index in [-0.39, 0.29) is 6.04 Å². The number of nitrogens with one attached hydrogen (secondary N) is 1. The predicted molar refractivity (Wildman–Crippen MR) is 66.4 cm³/mol. The maximum atomic E-state index is 4.43. The fourth-order valence-corrected chi connectivity index (χ4v) is 1.77. The summed E-state index contributed by atoms with van der Waals surface area (Å²) < 4.78 is 2.01. The van der Waals surface area contributed by atoms with Crippen LogP contribution in [-0.2, 0) is 7.05 Å². The van der Waals surface area contributed by atoms with Crippen molar-refractivity contribution in [2.75, 3.05) is 5.32 Å². The van der Waals surface area contributed by atoms with Crippen LogP contribution in [-0.4, -0.2) is 9.55 Å². The van der Waals surface area contributed by atoms with Crippen LogP contribution in [0.25, 0.3) is 0 Å². The fourth-order valence-electron chi connectivity index (χ4n) is 1.77. The highest BCUT2D eigenvalue weighted by Gasteiger charge is 2.08. The zero-order valence-corrected chi connectivity index (χ0v) is 9.94. The standard InChI is InChI=1S/C13H17N3/c1-10-9-16(3)13(14-10)15-11(2)12-7-5-4-6-8-12/h4-9,11H,1-3H3,(H,14,15). The third-order valence-corrected chi connectivity index (χ3v) is 2.64. The van der Waals surface area contributed by atoms with Crippen molar-refractivity contribution in [2.24, 2.45) is 7.05 Å². The summed E-state index contributed by atoms with van der Waals surface area (Å²) in [4.78, 5) is 4.43. The monoisotopic (exact) mass is 215 g/mol. The average molecular weight is 215 g/mol. The lowest BCUT2D eigenvalue weighted by molar-refractivity contribution is 0.823. The molecular weight excluding hydrogens is 198 g/mol. The molecule has 0 aliphatic rings. The molecule has 0 saturated carbocycles.